The maximum atomic E-state index is 13.2. The minimum Gasteiger partial charge on any atom is -0.490 e. The molecule has 0 unspecified atom stereocenters. The molecule has 1 atom stereocenters. The largest absolute Gasteiger partial charge is 0.490 e. The normalized spacial score (nSPS) is 11.7. The van der Waals surface area contributed by atoms with Crippen LogP contribution in [0.15, 0.2) is 40.0 Å². The molecule has 34 heavy (non-hydrogen) atoms. The Kier molecular flexibility index (Phi) is 9.00. The summed E-state index contributed by atoms with van der Waals surface area (Å²) in [6.45, 7) is 8.62. The Morgan fingerprint density at radius 1 is 1.09 bits per heavy atom. The molecule has 0 bridgehead atoms. The minimum atomic E-state index is -0.590. The molecule has 1 aromatic heterocycles. The molecule has 11 heteroatoms. The maximum absolute atomic E-state index is 13.2. The van der Waals surface area contributed by atoms with Crippen LogP contribution < -0.4 is 19.5 Å². The van der Waals surface area contributed by atoms with Crippen LogP contribution >= 0.6 is 23.4 Å². The molecule has 1 amide bonds. The first-order valence-electron chi connectivity index (χ1n) is 10.7. The minimum absolute atomic E-state index is 0.108. The first-order chi connectivity index (χ1) is 16.4. The molecule has 182 valence electrons. The van der Waals surface area contributed by atoms with Crippen molar-refractivity contribution < 1.29 is 27.8 Å². The van der Waals surface area contributed by atoms with Gasteiger partial charge in [0.25, 0.3) is 5.22 Å². The lowest BCUT2D eigenvalue weighted by Crippen LogP contribution is -2.22. The molecule has 1 N–H and O–H groups in total. The van der Waals surface area contributed by atoms with Crippen LogP contribution in [0.5, 0.6) is 17.2 Å². The molecule has 0 saturated heterocycles. The standard InChI is InChI=1S/C23H25ClFN3O5S/c1-5-30-18-10-14(11-19(31-6-2)20(18)32-7-3)22-27-28-23(33-22)34-13(4)21(29)26-17-9-8-15(25)12-16(17)24/h8-13H,5-7H2,1-4H3,(H,26,29)/t13-/m0/s1. The third-order valence-corrected chi connectivity index (χ3v) is 5.65. The quantitative estimate of drug-likeness (QED) is 0.322. The van der Waals surface area contributed by atoms with Gasteiger partial charge < -0.3 is 23.9 Å². The molecule has 0 aliphatic heterocycles. The average molecular weight is 510 g/mol. The number of hydrogen-bond acceptors (Lipinski definition) is 8. The lowest BCUT2D eigenvalue weighted by Gasteiger charge is -2.16. The van der Waals surface area contributed by atoms with E-state index >= 15 is 0 Å². The van der Waals surface area contributed by atoms with E-state index in [0.29, 0.717) is 48.3 Å². The number of hydrogen-bond donors (Lipinski definition) is 1. The van der Waals surface area contributed by atoms with Crippen molar-refractivity contribution in [1.82, 2.24) is 10.2 Å². The van der Waals surface area contributed by atoms with E-state index < -0.39 is 11.1 Å². The van der Waals surface area contributed by atoms with E-state index in [4.69, 9.17) is 30.2 Å². The fraction of sp³-hybridized carbons (Fsp3) is 0.348. The molecule has 0 fully saturated rings. The predicted octanol–water partition coefficient (Wildman–Crippen LogP) is 5.84. The highest BCUT2D eigenvalue weighted by Gasteiger charge is 2.22. The van der Waals surface area contributed by atoms with Crippen LogP contribution in [0.25, 0.3) is 11.5 Å². The van der Waals surface area contributed by atoms with Gasteiger partial charge in [0.2, 0.25) is 17.5 Å². The van der Waals surface area contributed by atoms with Crippen molar-refractivity contribution in [2.45, 2.75) is 38.2 Å². The lowest BCUT2D eigenvalue weighted by atomic mass is 10.2. The smallest absolute Gasteiger partial charge is 0.277 e. The highest BCUT2D eigenvalue weighted by molar-refractivity contribution is 8.00. The molecule has 0 aliphatic carbocycles. The number of carbonyl (C=O) groups is 1. The number of ether oxygens (including phenoxy) is 3. The van der Waals surface area contributed by atoms with Gasteiger partial charge in [0.05, 0.1) is 35.8 Å². The summed E-state index contributed by atoms with van der Waals surface area (Å²) in [7, 11) is 0. The molecule has 2 aromatic carbocycles. The van der Waals surface area contributed by atoms with Crippen LogP contribution in [0.4, 0.5) is 10.1 Å². The number of nitrogens with zero attached hydrogens (tertiary/aromatic N) is 2. The van der Waals surface area contributed by atoms with Crippen molar-refractivity contribution in [3.05, 3.63) is 41.2 Å². The summed E-state index contributed by atoms with van der Waals surface area (Å²) in [6.07, 6.45) is 0. The molecule has 1 heterocycles. The van der Waals surface area contributed by atoms with Crippen molar-refractivity contribution in [3.63, 3.8) is 0 Å². The zero-order valence-corrected chi connectivity index (χ0v) is 20.8. The summed E-state index contributed by atoms with van der Waals surface area (Å²) in [5.74, 6) is 0.911. The first kappa shape index (κ1) is 25.6. The SMILES string of the molecule is CCOc1cc(-c2nnc(S[C@@H](C)C(=O)Nc3ccc(F)cc3Cl)o2)cc(OCC)c1OCC. The Bertz CT molecular complexity index is 1120. The van der Waals surface area contributed by atoms with E-state index in [0.717, 1.165) is 17.8 Å². The Morgan fingerprint density at radius 3 is 2.32 bits per heavy atom. The number of halogens is 2. The summed E-state index contributed by atoms with van der Waals surface area (Å²) in [5.41, 5.74) is 0.901. The van der Waals surface area contributed by atoms with Crippen molar-refractivity contribution in [2.24, 2.45) is 0 Å². The van der Waals surface area contributed by atoms with Crippen LogP contribution in [-0.4, -0.2) is 41.2 Å². The van der Waals surface area contributed by atoms with E-state index in [-0.39, 0.29) is 22.0 Å². The second kappa shape index (κ2) is 11.9. The van der Waals surface area contributed by atoms with Gasteiger partial charge in [-0.05, 0) is 58.0 Å². The fourth-order valence-corrected chi connectivity index (χ4v) is 3.81. The van der Waals surface area contributed by atoms with E-state index in [1.165, 1.54) is 12.1 Å². The zero-order chi connectivity index (χ0) is 24.7. The summed E-state index contributed by atoms with van der Waals surface area (Å²) < 4.78 is 36.2. The molecule has 0 spiro atoms. The van der Waals surface area contributed by atoms with Gasteiger partial charge in [0.1, 0.15) is 5.82 Å². The van der Waals surface area contributed by atoms with E-state index in [9.17, 15) is 9.18 Å². The third kappa shape index (κ3) is 6.32. The Balaban J connectivity index is 1.78. The molecular formula is C23H25ClFN3O5S. The monoisotopic (exact) mass is 509 g/mol. The number of anilines is 1. The second-order valence-corrected chi connectivity index (χ2v) is 8.55. The van der Waals surface area contributed by atoms with Crippen LogP contribution in [0, 0.1) is 5.82 Å². The Hall–Kier alpha value is -2.98. The van der Waals surface area contributed by atoms with Gasteiger partial charge in [-0.2, -0.15) is 0 Å². The van der Waals surface area contributed by atoms with Gasteiger partial charge in [-0.3, -0.25) is 4.79 Å². The highest BCUT2D eigenvalue weighted by Crippen LogP contribution is 2.42. The molecule has 0 radical (unpaired) electrons. The van der Waals surface area contributed by atoms with Crippen LogP contribution in [0.1, 0.15) is 27.7 Å². The second-order valence-electron chi connectivity index (χ2n) is 6.85. The molecular weight excluding hydrogens is 485 g/mol. The number of rotatable bonds is 11. The van der Waals surface area contributed by atoms with Crippen LogP contribution in [-0.2, 0) is 4.79 Å². The highest BCUT2D eigenvalue weighted by atomic mass is 35.5. The van der Waals surface area contributed by atoms with Crippen molar-refractivity contribution in [3.8, 4) is 28.7 Å². The first-order valence-corrected chi connectivity index (χ1v) is 11.9. The lowest BCUT2D eigenvalue weighted by molar-refractivity contribution is -0.115. The summed E-state index contributed by atoms with van der Waals surface area (Å²) >= 11 is 7.06. The van der Waals surface area contributed by atoms with Gasteiger partial charge >= 0.3 is 0 Å². The number of thioether (sulfide) groups is 1. The molecule has 8 nitrogen and oxygen atoms in total. The summed E-state index contributed by atoms with van der Waals surface area (Å²) in [4.78, 5) is 12.5. The maximum Gasteiger partial charge on any atom is 0.277 e. The number of amides is 1. The van der Waals surface area contributed by atoms with Crippen molar-refractivity contribution in [1.29, 1.82) is 0 Å². The fourth-order valence-electron chi connectivity index (χ4n) is 2.92. The van der Waals surface area contributed by atoms with Crippen LogP contribution in [0.3, 0.4) is 0 Å². The van der Waals surface area contributed by atoms with Gasteiger partial charge in [-0.1, -0.05) is 23.4 Å². The van der Waals surface area contributed by atoms with Gasteiger partial charge in [0.15, 0.2) is 11.5 Å². The molecule has 0 aliphatic rings. The third-order valence-electron chi connectivity index (χ3n) is 4.40. The van der Waals surface area contributed by atoms with E-state index in [2.05, 4.69) is 15.5 Å². The summed E-state index contributed by atoms with van der Waals surface area (Å²) in [6, 6.07) is 7.23. The molecule has 3 aromatic rings. The number of carbonyl (C=O) groups excluding carboxylic acids is 1. The van der Waals surface area contributed by atoms with E-state index in [1.54, 1.807) is 19.1 Å². The predicted molar refractivity (Wildman–Crippen MR) is 129 cm³/mol. The van der Waals surface area contributed by atoms with Gasteiger partial charge in [-0.15, -0.1) is 10.2 Å². The Morgan fingerprint density at radius 2 is 1.74 bits per heavy atom. The average Bonchev–Trinajstić information content (AvgIpc) is 3.26. The Labute approximate surface area is 206 Å². The van der Waals surface area contributed by atoms with Gasteiger partial charge in [0, 0.05) is 5.56 Å². The van der Waals surface area contributed by atoms with Crippen molar-refractivity contribution >= 4 is 35.0 Å². The molecule has 3 rings (SSSR count). The topological polar surface area (TPSA) is 95.7 Å². The summed E-state index contributed by atoms with van der Waals surface area (Å²) in [5, 5.41) is 10.5. The number of nitrogens with one attached hydrogen (secondary N) is 1. The zero-order valence-electron chi connectivity index (χ0n) is 19.2. The van der Waals surface area contributed by atoms with Crippen LogP contribution in [0.2, 0.25) is 5.02 Å². The van der Waals surface area contributed by atoms with E-state index in [1.807, 2.05) is 20.8 Å². The molecule has 0 saturated carbocycles. The van der Waals surface area contributed by atoms with Gasteiger partial charge in [-0.25, -0.2) is 4.39 Å². The number of aromatic nitrogens is 2. The van der Waals surface area contributed by atoms with Crippen molar-refractivity contribution in [2.75, 3.05) is 25.1 Å². The number of benzene rings is 2.